The first-order valence-corrected chi connectivity index (χ1v) is 8.31. The van der Waals surface area contributed by atoms with Gasteiger partial charge in [0.2, 0.25) is 5.95 Å². The predicted molar refractivity (Wildman–Crippen MR) is 99.4 cm³/mol. The molecule has 25 heavy (non-hydrogen) atoms. The van der Waals surface area contributed by atoms with E-state index in [1.165, 1.54) is 5.56 Å². The van der Waals surface area contributed by atoms with Crippen LogP contribution in [-0.2, 0) is 6.42 Å². The molecule has 2 aromatic carbocycles. The van der Waals surface area contributed by atoms with Gasteiger partial charge in [0.1, 0.15) is 5.75 Å². The number of aromatic nitrogens is 3. The third-order valence-corrected chi connectivity index (χ3v) is 3.55. The summed E-state index contributed by atoms with van der Waals surface area (Å²) in [5.41, 5.74) is 2.09. The molecule has 3 rings (SSSR count). The molecule has 3 aromatic rings. The van der Waals surface area contributed by atoms with Crippen LogP contribution in [0.1, 0.15) is 12.5 Å². The molecule has 0 saturated heterocycles. The first kappa shape index (κ1) is 16.7. The molecular formula is C19H21N5O. The molecule has 0 aliphatic carbocycles. The average molecular weight is 335 g/mol. The molecule has 0 amide bonds. The molecule has 0 aliphatic heterocycles. The topological polar surface area (TPSA) is 72.0 Å². The Morgan fingerprint density at radius 1 is 1.00 bits per heavy atom. The van der Waals surface area contributed by atoms with Gasteiger partial charge < -0.3 is 15.4 Å². The SMILES string of the molecule is CCOc1ccccc1Nc1nncc(NCCc2ccccc2)n1. The lowest BCUT2D eigenvalue weighted by Gasteiger charge is -2.11. The zero-order valence-corrected chi connectivity index (χ0v) is 14.1. The number of hydrogen-bond acceptors (Lipinski definition) is 6. The summed E-state index contributed by atoms with van der Waals surface area (Å²) < 4.78 is 5.60. The highest BCUT2D eigenvalue weighted by Crippen LogP contribution is 2.26. The van der Waals surface area contributed by atoms with Crippen LogP contribution in [0.5, 0.6) is 5.75 Å². The van der Waals surface area contributed by atoms with Crippen molar-refractivity contribution in [3.05, 3.63) is 66.4 Å². The van der Waals surface area contributed by atoms with E-state index in [9.17, 15) is 0 Å². The number of nitrogens with zero attached hydrogens (tertiary/aromatic N) is 3. The smallest absolute Gasteiger partial charge is 0.249 e. The highest BCUT2D eigenvalue weighted by molar-refractivity contribution is 5.62. The summed E-state index contributed by atoms with van der Waals surface area (Å²) in [7, 11) is 0. The van der Waals surface area contributed by atoms with E-state index in [-0.39, 0.29) is 0 Å². The summed E-state index contributed by atoms with van der Waals surface area (Å²) in [4.78, 5) is 4.45. The Morgan fingerprint density at radius 3 is 2.64 bits per heavy atom. The van der Waals surface area contributed by atoms with Gasteiger partial charge in [-0.25, -0.2) is 0 Å². The quantitative estimate of drug-likeness (QED) is 0.654. The molecule has 2 N–H and O–H groups in total. The molecule has 0 aliphatic rings. The number of rotatable bonds is 8. The van der Waals surface area contributed by atoms with Crippen LogP contribution in [-0.4, -0.2) is 28.3 Å². The maximum atomic E-state index is 5.60. The van der Waals surface area contributed by atoms with Crippen molar-refractivity contribution in [3.63, 3.8) is 0 Å². The number of ether oxygens (including phenoxy) is 1. The van der Waals surface area contributed by atoms with Crippen LogP contribution in [0.25, 0.3) is 0 Å². The van der Waals surface area contributed by atoms with Gasteiger partial charge in [0.05, 0.1) is 18.5 Å². The van der Waals surface area contributed by atoms with Crippen LogP contribution < -0.4 is 15.4 Å². The van der Waals surface area contributed by atoms with Crippen LogP contribution in [0.2, 0.25) is 0 Å². The summed E-state index contributed by atoms with van der Waals surface area (Å²) in [6.45, 7) is 3.32. The molecule has 0 saturated carbocycles. The summed E-state index contributed by atoms with van der Waals surface area (Å²) in [6.07, 6.45) is 2.53. The molecule has 1 aromatic heterocycles. The maximum Gasteiger partial charge on any atom is 0.249 e. The average Bonchev–Trinajstić information content (AvgIpc) is 2.65. The standard InChI is InChI=1S/C19H21N5O/c1-2-25-17-11-7-6-10-16(17)22-19-23-18(14-21-24-19)20-13-12-15-8-4-3-5-9-15/h3-11,14H,2,12-13H2,1H3,(H2,20,22,23,24). The Balaban J connectivity index is 1.62. The second kappa shape index (κ2) is 8.63. The molecule has 6 heteroatoms. The van der Waals surface area contributed by atoms with E-state index in [1.807, 2.05) is 49.4 Å². The van der Waals surface area contributed by atoms with E-state index < -0.39 is 0 Å². The first-order valence-electron chi connectivity index (χ1n) is 8.31. The third-order valence-electron chi connectivity index (χ3n) is 3.55. The van der Waals surface area contributed by atoms with Crippen molar-refractivity contribution in [3.8, 4) is 5.75 Å². The summed E-state index contributed by atoms with van der Waals surface area (Å²) in [5, 5.41) is 14.5. The lowest BCUT2D eigenvalue weighted by atomic mass is 10.1. The summed E-state index contributed by atoms with van der Waals surface area (Å²) in [6, 6.07) is 18.0. The molecule has 0 bridgehead atoms. The van der Waals surface area contributed by atoms with Gasteiger partial charge in [-0.2, -0.15) is 10.1 Å². The summed E-state index contributed by atoms with van der Waals surface area (Å²) in [5.74, 6) is 1.87. The van der Waals surface area contributed by atoms with Crippen molar-refractivity contribution in [1.29, 1.82) is 0 Å². The molecule has 0 fully saturated rings. The predicted octanol–water partition coefficient (Wildman–Crippen LogP) is 3.67. The Hall–Kier alpha value is -3.15. The van der Waals surface area contributed by atoms with Crippen molar-refractivity contribution >= 4 is 17.5 Å². The Morgan fingerprint density at radius 2 is 1.80 bits per heavy atom. The van der Waals surface area contributed by atoms with Crippen LogP contribution >= 0.6 is 0 Å². The lowest BCUT2D eigenvalue weighted by molar-refractivity contribution is 0.342. The highest BCUT2D eigenvalue weighted by Gasteiger charge is 2.06. The highest BCUT2D eigenvalue weighted by atomic mass is 16.5. The second-order valence-electron chi connectivity index (χ2n) is 5.38. The van der Waals surface area contributed by atoms with Gasteiger partial charge in [0, 0.05) is 6.54 Å². The first-order chi connectivity index (χ1) is 12.3. The fraction of sp³-hybridized carbons (Fsp3) is 0.211. The summed E-state index contributed by atoms with van der Waals surface area (Å²) >= 11 is 0. The molecule has 0 spiro atoms. The van der Waals surface area contributed by atoms with Crippen molar-refractivity contribution in [2.24, 2.45) is 0 Å². The van der Waals surface area contributed by atoms with E-state index >= 15 is 0 Å². The molecule has 128 valence electrons. The minimum absolute atomic E-state index is 0.428. The third kappa shape index (κ3) is 4.91. The van der Waals surface area contributed by atoms with E-state index in [4.69, 9.17) is 4.74 Å². The van der Waals surface area contributed by atoms with Gasteiger partial charge in [-0.05, 0) is 31.0 Å². The van der Waals surface area contributed by atoms with Crippen LogP contribution in [0.4, 0.5) is 17.5 Å². The van der Waals surface area contributed by atoms with Crippen LogP contribution in [0.3, 0.4) is 0 Å². The fourth-order valence-corrected chi connectivity index (χ4v) is 2.39. The maximum absolute atomic E-state index is 5.60. The van der Waals surface area contributed by atoms with Gasteiger partial charge in [0.15, 0.2) is 5.82 Å². The van der Waals surface area contributed by atoms with Crippen molar-refractivity contribution in [2.75, 3.05) is 23.8 Å². The van der Waals surface area contributed by atoms with E-state index in [1.54, 1.807) is 6.20 Å². The molecule has 1 heterocycles. The number of benzene rings is 2. The normalized spacial score (nSPS) is 10.3. The molecular weight excluding hydrogens is 314 g/mol. The van der Waals surface area contributed by atoms with Crippen molar-refractivity contribution in [1.82, 2.24) is 15.2 Å². The number of para-hydroxylation sites is 2. The van der Waals surface area contributed by atoms with Gasteiger partial charge in [-0.3, -0.25) is 0 Å². The van der Waals surface area contributed by atoms with Gasteiger partial charge in [-0.15, -0.1) is 5.10 Å². The molecule has 0 unspecified atom stereocenters. The van der Waals surface area contributed by atoms with E-state index in [2.05, 4.69) is 37.9 Å². The van der Waals surface area contributed by atoms with Crippen molar-refractivity contribution < 1.29 is 4.74 Å². The molecule has 0 atom stereocenters. The Bertz CT molecular complexity index is 795. The van der Waals surface area contributed by atoms with Crippen molar-refractivity contribution in [2.45, 2.75) is 13.3 Å². The lowest BCUT2D eigenvalue weighted by Crippen LogP contribution is -2.09. The van der Waals surface area contributed by atoms with Gasteiger partial charge in [-0.1, -0.05) is 42.5 Å². The zero-order valence-electron chi connectivity index (χ0n) is 14.1. The second-order valence-corrected chi connectivity index (χ2v) is 5.38. The monoisotopic (exact) mass is 335 g/mol. The largest absolute Gasteiger partial charge is 0.492 e. The molecule has 0 radical (unpaired) electrons. The van der Waals surface area contributed by atoms with Crippen LogP contribution in [0, 0.1) is 0 Å². The number of anilines is 3. The van der Waals surface area contributed by atoms with E-state index in [0.29, 0.717) is 18.4 Å². The van der Waals surface area contributed by atoms with Gasteiger partial charge in [0.25, 0.3) is 0 Å². The van der Waals surface area contributed by atoms with Crippen LogP contribution in [0.15, 0.2) is 60.8 Å². The molecule has 6 nitrogen and oxygen atoms in total. The van der Waals surface area contributed by atoms with E-state index in [0.717, 1.165) is 24.4 Å². The Kier molecular flexibility index (Phi) is 5.77. The number of hydrogen-bond donors (Lipinski definition) is 2. The number of nitrogens with one attached hydrogen (secondary N) is 2. The fourth-order valence-electron chi connectivity index (χ4n) is 2.39. The van der Waals surface area contributed by atoms with Gasteiger partial charge >= 0.3 is 0 Å². The minimum atomic E-state index is 0.428. The zero-order chi connectivity index (χ0) is 17.3. The minimum Gasteiger partial charge on any atom is -0.492 e. The Labute approximate surface area is 147 Å².